The predicted octanol–water partition coefficient (Wildman–Crippen LogP) is 8.41. The average molecular weight is 728 g/mol. The van der Waals surface area contributed by atoms with E-state index in [1.807, 2.05) is 0 Å². The van der Waals surface area contributed by atoms with Crippen molar-refractivity contribution >= 4 is 38.9 Å². The smallest absolute Gasteiger partial charge is 0.450 e. The summed E-state index contributed by atoms with van der Waals surface area (Å²) in [7, 11) is -4.38. The minimum absolute atomic E-state index is 0.0681. The first-order chi connectivity index (χ1) is 23.0. The van der Waals surface area contributed by atoms with Crippen molar-refractivity contribution in [2.24, 2.45) is 0 Å². The summed E-state index contributed by atoms with van der Waals surface area (Å²) in [6.45, 7) is 9.85. The van der Waals surface area contributed by atoms with Crippen LogP contribution in [0, 0.1) is 18.6 Å². The molecule has 0 fully saturated rings. The zero-order valence-electron chi connectivity index (χ0n) is 28.0. The van der Waals surface area contributed by atoms with E-state index in [2.05, 4.69) is 9.72 Å². The van der Waals surface area contributed by atoms with Crippen LogP contribution < -0.4 is 9.64 Å². The van der Waals surface area contributed by atoms with E-state index in [1.54, 1.807) is 19.1 Å². The van der Waals surface area contributed by atoms with Gasteiger partial charge in [0.05, 0.1) is 22.6 Å². The van der Waals surface area contributed by atoms with Crippen molar-refractivity contribution < 1.29 is 58.9 Å². The highest BCUT2D eigenvalue weighted by molar-refractivity contribution is 7.90. The van der Waals surface area contributed by atoms with Gasteiger partial charge in [0.25, 0.3) is 10.0 Å². The van der Waals surface area contributed by atoms with Gasteiger partial charge < -0.3 is 14.2 Å². The summed E-state index contributed by atoms with van der Waals surface area (Å²) < 4.78 is 118. The number of nitrogens with zero attached hydrogens (tertiary/aromatic N) is 3. The molecule has 0 aliphatic rings. The number of benzene rings is 2. The monoisotopic (exact) mass is 727 g/mol. The van der Waals surface area contributed by atoms with Gasteiger partial charge in [-0.2, -0.15) is 4.90 Å². The number of hydrogen-bond donors (Lipinski definition) is 0. The van der Waals surface area contributed by atoms with Crippen molar-refractivity contribution in [3.8, 4) is 11.5 Å². The molecule has 2 aromatic heterocycles. The van der Waals surface area contributed by atoms with Crippen LogP contribution >= 0.6 is 0 Å². The Kier molecular flexibility index (Phi) is 10.5. The second kappa shape index (κ2) is 13.9. The lowest BCUT2D eigenvalue weighted by Crippen LogP contribution is -2.43. The van der Waals surface area contributed by atoms with Gasteiger partial charge in [-0.25, -0.2) is 35.7 Å². The summed E-state index contributed by atoms with van der Waals surface area (Å²) >= 11 is 0. The van der Waals surface area contributed by atoms with E-state index in [0.717, 1.165) is 28.0 Å². The maximum absolute atomic E-state index is 15.7. The van der Waals surface area contributed by atoms with E-state index in [9.17, 15) is 31.2 Å². The number of hydrogen-bond acceptors (Lipinski definition) is 9. The number of anilines is 1. The zero-order valence-corrected chi connectivity index (χ0v) is 28.8. The molecule has 17 heteroatoms. The number of carbonyl (C=O) groups excluding carboxylic acids is 2. The molecular formula is C33H34F5N3O8S. The molecule has 4 aromatic rings. The van der Waals surface area contributed by atoms with Crippen LogP contribution in [0.1, 0.15) is 52.7 Å². The van der Waals surface area contributed by atoms with Crippen molar-refractivity contribution in [1.29, 1.82) is 0 Å². The average Bonchev–Trinajstić information content (AvgIpc) is 3.33. The summed E-state index contributed by atoms with van der Waals surface area (Å²) in [5, 5.41) is -0.180. The SMILES string of the molecule is Cc1ccc(S(=O)(=O)n2cc(CCOC(F)(F)F)c3c(Oc4c(F)cc(N(C(=O)OC(C)(C)C)C(=O)OC(C)(C)C)cc4F)ccnc32)cc1. The number of carbonyl (C=O) groups is 2. The van der Waals surface area contributed by atoms with Crippen LogP contribution in [0.3, 0.4) is 0 Å². The van der Waals surface area contributed by atoms with Crippen molar-refractivity contribution in [2.45, 2.75) is 77.3 Å². The highest BCUT2D eigenvalue weighted by Crippen LogP contribution is 2.38. The summed E-state index contributed by atoms with van der Waals surface area (Å²) in [6.07, 6.45) is -6.00. The van der Waals surface area contributed by atoms with Crippen LogP contribution in [0.4, 0.5) is 37.2 Å². The Morgan fingerprint density at radius 2 is 1.42 bits per heavy atom. The molecule has 2 heterocycles. The van der Waals surface area contributed by atoms with E-state index >= 15 is 8.78 Å². The Labute approximate surface area is 284 Å². The number of rotatable bonds is 8. The normalized spacial score (nSPS) is 12.6. The highest BCUT2D eigenvalue weighted by atomic mass is 32.2. The van der Waals surface area contributed by atoms with E-state index < -0.39 is 75.9 Å². The molecule has 0 aliphatic heterocycles. The fourth-order valence-corrected chi connectivity index (χ4v) is 5.85. The summed E-state index contributed by atoms with van der Waals surface area (Å²) in [4.78, 5) is 30.2. The van der Waals surface area contributed by atoms with Crippen LogP contribution in [-0.4, -0.2) is 53.7 Å². The van der Waals surface area contributed by atoms with Gasteiger partial charge in [-0.05, 0) is 78.6 Å². The van der Waals surface area contributed by atoms with Crippen LogP contribution in [0.2, 0.25) is 0 Å². The van der Waals surface area contributed by atoms with Crippen LogP contribution in [0.25, 0.3) is 11.0 Å². The number of halogens is 5. The molecule has 4 rings (SSSR count). The third kappa shape index (κ3) is 9.06. The Morgan fingerprint density at radius 3 is 1.92 bits per heavy atom. The minimum atomic E-state index is -5.00. The molecule has 2 amide bonds. The first-order valence-electron chi connectivity index (χ1n) is 14.9. The largest absolute Gasteiger partial charge is 0.522 e. The lowest BCUT2D eigenvalue weighted by Gasteiger charge is -2.28. The van der Waals surface area contributed by atoms with Gasteiger partial charge in [-0.1, -0.05) is 17.7 Å². The fourth-order valence-electron chi connectivity index (χ4n) is 4.51. The Balaban J connectivity index is 1.82. The molecule has 0 aliphatic carbocycles. The third-order valence-electron chi connectivity index (χ3n) is 6.52. The van der Waals surface area contributed by atoms with Gasteiger partial charge in [0.2, 0.25) is 0 Å². The summed E-state index contributed by atoms with van der Waals surface area (Å²) in [6, 6.07) is 8.08. The second-order valence-corrected chi connectivity index (χ2v) is 14.8. The molecule has 0 atom stereocenters. The van der Waals surface area contributed by atoms with E-state index in [-0.39, 0.29) is 27.2 Å². The van der Waals surface area contributed by atoms with Gasteiger partial charge in [-0.15, -0.1) is 13.2 Å². The lowest BCUT2D eigenvalue weighted by molar-refractivity contribution is -0.324. The Bertz CT molecular complexity index is 1970. The van der Waals surface area contributed by atoms with Crippen LogP contribution in [0.15, 0.2) is 59.8 Å². The van der Waals surface area contributed by atoms with Crippen molar-refractivity contribution in [1.82, 2.24) is 8.96 Å². The number of imide groups is 1. The minimum Gasteiger partial charge on any atom is -0.450 e. The van der Waals surface area contributed by atoms with Gasteiger partial charge in [0.1, 0.15) is 17.0 Å². The number of aromatic nitrogens is 2. The Morgan fingerprint density at radius 1 is 0.880 bits per heavy atom. The first kappa shape index (κ1) is 38.0. The van der Waals surface area contributed by atoms with Crippen LogP contribution in [0.5, 0.6) is 11.5 Å². The van der Waals surface area contributed by atoms with Crippen molar-refractivity contribution in [2.75, 3.05) is 11.5 Å². The van der Waals surface area contributed by atoms with Crippen LogP contribution in [-0.2, 0) is 30.7 Å². The molecule has 0 saturated carbocycles. The standard InChI is InChI=1S/C33H34F5N3O8S/c1-19-8-10-22(11-9-19)50(44,45)40-18-20(13-15-46-33(36,37)38)26-25(12-14-39-28(26)40)47-27-23(34)16-21(17-24(27)35)41(29(42)48-31(2,3)4)30(43)49-32(5,6)7/h8-12,14,16-18H,13,15H2,1-7H3. The molecule has 0 saturated heterocycles. The van der Waals surface area contributed by atoms with E-state index in [4.69, 9.17) is 14.2 Å². The number of fused-ring (bicyclic) bond motifs is 1. The van der Waals surface area contributed by atoms with E-state index in [1.165, 1.54) is 53.7 Å². The molecular weight excluding hydrogens is 693 g/mol. The van der Waals surface area contributed by atoms with Gasteiger partial charge in [0.15, 0.2) is 23.0 Å². The molecule has 0 N–H and O–H groups in total. The number of ether oxygens (including phenoxy) is 4. The molecule has 0 spiro atoms. The number of alkyl halides is 3. The number of amides is 2. The molecule has 0 radical (unpaired) electrons. The molecule has 50 heavy (non-hydrogen) atoms. The van der Waals surface area contributed by atoms with Gasteiger partial charge in [-0.3, -0.25) is 4.74 Å². The molecule has 11 nitrogen and oxygen atoms in total. The van der Waals surface area contributed by atoms with Gasteiger partial charge in [0, 0.05) is 24.5 Å². The molecule has 0 unspecified atom stereocenters. The zero-order chi connectivity index (χ0) is 37.4. The molecule has 0 bridgehead atoms. The predicted molar refractivity (Wildman–Crippen MR) is 171 cm³/mol. The second-order valence-electron chi connectivity index (χ2n) is 13.0. The quantitative estimate of drug-likeness (QED) is 0.165. The topological polar surface area (TPSA) is 126 Å². The number of aryl methyl sites for hydroxylation is 1. The maximum Gasteiger partial charge on any atom is 0.522 e. The fraction of sp³-hybridized carbons (Fsp3) is 0.364. The maximum atomic E-state index is 15.7. The van der Waals surface area contributed by atoms with E-state index in [0.29, 0.717) is 17.0 Å². The van der Waals surface area contributed by atoms with Crippen molar-refractivity contribution in [3.63, 3.8) is 0 Å². The number of pyridine rings is 1. The lowest BCUT2D eigenvalue weighted by atomic mass is 10.1. The van der Waals surface area contributed by atoms with Crippen molar-refractivity contribution in [3.05, 3.63) is 77.6 Å². The van der Waals surface area contributed by atoms with Gasteiger partial charge >= 0.3 is 18.5 Å². The highest BCUT2D eigenvalue weighted by Gasteiger charge is 2.35. The molecule has 270 valence electrons. The first-order valence-corrected chi connectivity index (χ1v) is 16.4. The summed E-state index contributed by atoms with van der Waals surface area (Å²) in [5.74, 6) is -4.27. The Hall–Kier alpha value is -4.77. The summed E-state index contributed by atoms with van der Waals surface area (Å²) in [5.41, 5.74) is -2.47. The molecule has 2 aromatic carbocycles. The third-order valence-corrected chi connectivity index (χ3v) is 8.18.